The van der Waals surface area contributed by atoms with Gasteiger partial charge in [-0.2, -0.15) is 0 Å². The van der Waals surface area contributed by atoms with Crippen LogP contribution in [-0.2, 0) is 14.8 Å². The molecule has 0 saturated carbocycles. The minimum atomic E-state index is -4.35. The van der Waals surface area contributed by atoms with Gasteiger partial charge in [0.05, 0.1) is 4.90 Å². The molecular formula is C23H17FN2O5S. The van der Waals surface area contributed by atoms with Crippen LogP contribution in [0.3, 0.4) is 0 Å². The summed E-state index contributed by atoms with van der Waals surface area (Å²) in [7, 11) is -4.35. The van der Waals surface area contributed by atoms with Gasteiger partial charge >= 0.3 is 0 Å². The molecule has 7 nitrogen and oxygen atoms in total. The first-order valence-electron chi connectivity index (χ1n) is 9.49. The monoisotopic (exact) mass is 452 g/mol. The van der Waals surface area contributed by atoms with E-state index in [1.807, 2.05) is 0 Å². The van der Waals surface area contributed by atoms with Crippen molar-refractivity contribution in [1.29, 1.82) is 0 Å². The summed E-state index contributed by atoms with van der Waals surface area (Å²) in [5, 5.41) is 13.4. The Balaban J connectivity index is 1.83. The second-order valence-corrected chi connectivity index (χ2v) is 8.79. The summed E-state index contributed by atoms with van der Waals surface area (Å²) in [6, 6.07) is 18.5. The first kappa shape index (κ1) is 21.3. The minimum absolute atomic E-state index is 0.0257. The number of aliphatic hydroxyl groups is 1. The van der Waals surface area contributed by atoms with Crippen LogP contribution in [0.5, 0.6) is 0 Å². The molecule has 32 heavy (non-hydrogen) atoms. The van der Waals surface area contributed by atoms with Crippen LogP contribution < -0.4 is 5.32 Å². The van der Waals surface area contributed by atoms with E-state index in [9.17, 15) is 27.5 Å². The average molecular weight is 452 g/mol. The SMILES string of the molecule is O=C(CN1C(=C(O)c2ccc(F)cc2)C(=O)c2ccccc2S1(=O)=O)Nc1ccccc1. The number of hydrogen-bond acceptors (Lipinski definition) is 5. The number of sulfonamides is 1. The zero-order valence-corrected chi connectivity index (χ0v) is 17.3. The van der Waals surface area contributed by atoms with Crippen molar-refractivity contribution in [3.8, 4) is 0 Å². The van der Waals surface area contributed by atoms with Crippen LogP contribution in [-0.4, -0.2) is 36.1 Å². The summed E-state index contributed by atoms with van der Waals surface area (Å²) >= 11 is 0. The van der Waals surface area contributed by atoms with Crippen LogP contribution >= 0.6 is 0 Å². The Bertz CT molecular complexity index is 1340. The number of halogens is 1. The molecule has 0 atom stereocenters. The topological polar surface area (TPSA) is 104 Å². The lowest BCUT2D eigenvalue weighted by atomic mass is 10.0. The molecule has 1 heterocycles. The van der Waals surface area contributed by atoms with E-state index in [1.54, 1.807) is 30.3 Å². The fraction of sp³-hybridized carbons (Fsp3) is 0.0435. The van der Waals surface area contributed by atoms with E-state index in [0.717, 1.165) is 12.1 Å². The maximum Gasteiger partial charge on any atom is 0.265 e. The molecule has 0 aliphatic carbocycles. The molecule has 2 N–H and O–H groups in total. The van der Waals surface area contributed by atoms with Crippen LogP contribution in [0.15, 0.2) is 89.5 Å². The number of allylic oxidation sites excluding steroid dienone is 1. The highest BCUT2D eigenvalue weighted by atomic mass is 32.2. The van der Waals surface area contributed by atoms with E-state index in [4.69, 9.17) is 0 Å². The number of amides is 1. The Morgan fingerprint density at radius 1 is 0.938 bits per heavy atom. The van der Waals surface area contributed by atoms with Gasteiger partial charge in [-0.15, -0.1) is 0 Å². The number of carbonyl (C=O) groups is 2. The molecule has 0 bridgehead atoms. The fourth-order valence-electron chi connectivity index (χ4n) is 3.35. The van der Waals surface area contributed by atoms with Crippen molar-refractivity contribution < 1.29 is 27.5 Å². The number of hydrogen-bond donors (Lipinski definition) is 2. The van der Waals surface area contributed by atoms with E-state index in [-0.39, 0.29) is 16.0 Å². The quantitative estimate of drug-likeness (QED) is 0.465. The summed E-state index contributed by atoms with van der Waals surface area (Å²) in [4.78, 5) is 25.6. The summed E-state index contributed by atoms with van der Waals surface area (Å²) in [5.74, 6) is -2.74. The molecule has 0 aromatic heterocycles. The normalized spacial score (nSPS) is 16.3. The number of para-hydroxylation sites is 1. The highest BCUT2D eigenvalue weighted by Crippen LogP contribution is 2.35. The van der Waals surface area contributed by atoms with Gasteiger partial charge in [0.1, 0.15) is 18.1 Å². The van der Waals surface area contributed by atoms with E-state index in [0.29, 0.717) is 9.99 Å². The Labute approximate surface area is 183 Å². The van der Waals surface area contributed by atoms with Crippen LogP contribution in [0.2, 0.25) is 0 Å². The predicted octanol–water partition coefficient (Wildman–Crippen LogP) is 3.58. The fourth-order valence-corrected chi connectivity index (χ4v) is 4.97. The molecule has 4 rings (SSSR count). The second kappa shape index (κ2) is 8.27. The Hall–Kier alpha value is -3.98. The molecule has 0 unspecified atom stereocenters. The summed E-state index contributed by atoms with van der Waals surface area (Å²) < 4.78 is 40.6. The van der Waals surface area contributed by atoms with Gasteiger partial charge in [-0.05, 0) is 48.5 Å². The van der Waals surface area contributed by atoms with Crippen LogP contribution in [0, 0.1) is 5.82 Å². The molecule has 1 amide bonds. The summed E-state index contributed by atoms with van der Waals surface area (Å²) in [5.41, 5.74) is -0.251. The second-order valence-electron chi connectivity index (χ2n) is 6.96. The lowest BCUT2D eigenvalue weighted by Gasteiger charge is -2.31. The van der Waals surface area contributed by atoms with Gasteiger partial charge in [-0.3, -0.25) is 9.59 Å². The van der Waals surface area contributed by atoms with Gasteiger partial charge in [0.25, 0.3) is 10.0 Å². The average Bonchev–Trinajstić information content (AvgIpc) is 2.78. The van der Waals surface area contributed by atoms with Crippen LogP contribution in [0.4, 0.5) is 10.1 Å². The molecule has 3 aromatic rings. The molecule has 1 aliphatic heterocycles. The Kier molecular flexibility index (Phi) is 5.50. The zero-order valence-electron chi connectivity index (χ0n) is 16.5. The zero-order chi connectivity index (χ0) is 22.9. The van der Waals surface area contributed by atoms with Gasteiger partial charge in [-0.1, -0.05) is 30.3 Å². The largest absolute Gasteiger partial charge is 0.505 e. The number of carbonyl (C=O) groups excluding carboxylic acids is 2. The first-order chi connectivity index (χ1) is 15.3. The smallest absolute Gasteiger partial charge is 0.265 e. The number of ketones is 1. The van der Waals surface area contributed by atoms with Crippen molar-refractivity contribution in [3.05, 3.63) is 102 Å². The highest BCUT2D eigenvalue weighted by Gasteiger charge is 2.42. The molecule has 162 valence electrons. The number of nitrogens with zero attached hydrogens (tertiary/aromatic N) is 1. The molecule has 0 saturated heterocycles. The molecule has 3 aromatic carbocycles. The lowest BCUT2D eigenvalue weighted by Crippen LogP contribution is -2.43. The predicted molar refractivity (Wildman–Crippen MR) is 116 cm³/mol. The first-order valence-corrected chi connectivity index (χ1v) is 10.9. The number of benzene rings is 3. The third-order valence-electron chi connectivity index (χ3n) is 4.85. The lowest BCUT2D eigenvalue weighted by molar-refractivity contribution is -0.116. The molecule has 0 spiro atoms. The van der Waals surface area contributed by atoms with Crippen molar-refractivity contribution in [1.82, 2.24) is 4.31 Å². The van der Waals surface area contributed by atoms with Gasteiger partial charge in [0.2, 0.25) is 11.7 Å². The number of nitrogens with one attached hydrogen (secondary N) is 1. The minimum Gasteiger partial charge on any atom is -0.505 e. The van der Waals surface area contributed by atoms with Gasteiger partial charge in [0, 0.05) is 16.8 Å². The van der Waals surface area contributed by atoms with Crippen molar-refractivity contribution in [2.24, 2.45) is 0 Å². The number of aliphatic hydroxyl groups excluding tert-OH is 1. The number of fused-ring (bicyclic) bond motifs is 1. The van der Waals surface area contributed by atoms with Crippen LogP contribution in [0.1, 0.15) is 15.9 Å². The van der Waals surface area contributed by atoms with E-state index in [1.165, 1.54) is 36.4 Å². The summed E-state index contributed by atoms with van der Waals surface area (Å²) in [6.45, 7) is -0.752. The third kappa shape index (κ3) is 3.85. The third-order valence-corrected chi connectivity index (χ3v) is 6.65. The molecule has 9 heteroatoms. The molecular weight excluding hydrogens is 435 g/mol. The van der Waals surface area contributed by atoms with Crippen molar-refractivity contribution in [2.45, 2.75) is 4.90 Å². The number of Topliss-reactive ketones (excluding diaryl/α,β-unsaturated/α-hetero) is 1. The Morgan fingerprint density at radius 2 is 1.56 bits per heavy atom. The number of anilines is 1. The standard InChI is InChI=1S/C23H17FN2O5S/c24-16-12-10-15(11-13-16)22(28)21-23(29)18-8-4-5-9-19(18)32(30,31)26(21)14-20(27)25-17-6-2-1-3-7-17/h1-13,28H,14H2,(H,25,27). The highest BCUT2D eigenvalue weighted by molar-refractivity contribution is 7.89. The van der Waals surface area contributed by atoms with Gasteiger partial charge < -0.3 is 10.4 Å². The Morgan fingerprint density at radius 3 is 2.25 bits per heavy atom. The van der Waals surface area contributed by atoms with Gasteiger partial charge in [-0.25, -0.2) is 17.1 Å². The summed E-state index contributed by atoms with van der Waals surface area (Å²) in [6.07, 6.45) is 0. The van der Waals surface area contributed by atoms with Crippen LogP contribution in [0.25, 0.3) is 5.76 Å². The number of rotatable bonds is 4. The van der Waals surface area contributed by atoms with Crippen molar-refractivity contribution >= 4 is 33.2 Å². The van der Waals surface area contributed by atoms with E-state index < -0.39 is 45.5 Å². The molecule has 1 aliphatic rings. The van der Waals surface area contributed by atoms with Crippen molar-refractivity contribution in [3.63, 3.8) is 0 Å². The maximum absolute atomic E-state index is 13.3. The van der Waals surface area contributed by atoms with Gasteiger partial charge in [0.15, 0.2) is 5.76 Å². The maximum atomic E-state index is 13.3. The van der Waals surface area contributed by atoms with E-state index in [2.05, 4.69) is 5.32 Å². The molecule has 0 fully saturated rings. The van der Waals surface area contributed by atoms with E-state index >= 15 is 0 Å². The molecule has 0 radical (unpaired) electrons. The van der Waals surface area contributed by atoms with Crippen molar-refractivity contribution in [2.75, 3.05) is 11.9 Å².